The van der Waals surface area contributed by atoms with Crippen LogP contribution in [0, 0.1) is 0 Å². The van der Waals surface area contributed by atoms with Crippen molar-refractivity contribution >= 4 is 5.97 Å². The van der Waals surface area contributed by atoms with Crippen molar-refractivity contribution in [3.8, 4) is 17.0 Å². The lowest BCUT2D eigenvalue weighted by Crippen LogP contribution is -1.96. The number of nitrogens with zero attached hydrogens (tertiary/aromatic N) is 2. The van der Waals surface area contributed by atoms with Crippen molar-refractivity contribution in [3.63, 3.8) is 0 Å². The summed E-state index contributed by atoms with van der Waals surface area (Å²) in [6, 6.07) is 7.16. The van der Waals surface area contributed by atoms with Crippen LogP contribution in [-0.4, -0.2) is 28.0 Å². The van der Waals surface area contributed by atoms with Crippen molar-refractivity contribution in [1.29, 1.82) is 0 Å². The largest absolute Gasteiger partial charge is 0.497 e. The highest BCUT2D eigenvalue weighted by atomic mass is 16.5. The second-order valence-electron chi connectivity index (χ2n) is 3.60. The number of aromatic carboxylic acids is 1. The van der Waals surface area contributed by atoms with E-state index in [1.54, 1.807) is 38.4 Å². The van der Waals surface area contributed by atoms with Gasteiger partial charge in [-0.1, -0.05) is 12.1 Å². The average Bonchev–Trinajstić information content (AvgIpc) is 2.72. The fourth-order valence-corrected chi connectivity index (χ4v) is 1.63. The fraction of sp³-hybridized carbons (Fsp3) is 0.167. The molecular formula is C12H12N2O3. The number of methoxy groups -OCH3 is 1. The third kappa shape index (κ3) is 2.13. The molecule has 0 bridgehead atoms. The zero-order chi connectivity index (χ0) is 12.4. The number of carboxylic acid groups (broad SMARTS) is 1. The van der Waals surface area contributed by atoms with E-state index in [0.717, 1.165) is 5.56 Å². The topological polar surface area (TPSA) is 64.4 Å². The highest BCUT2D eigenvalue weighted by molar-refractivity contribution is 5.94. The van der Waals surface area contributed by atoms with Gasteiger partial charge in [0.15, 0.2) is 0 Å². The van der Waals surface area contributed by atoms with Crippen LogP contribution in [0.2, 0.25) is 0 Å². The number of aromatic nitrogens is 2. The van der Waals surface area contributed by atoms with Crippen molar-refractivity contribution in [1.82, 2.24) is 9.78 Å². The van der Waals surface area contributed by atoms with Crippen LogP contribution in [0.4, 0.5) is 0 Å². The van der Waals surface area contributed by atoms with Crippen LogP contribution in [0.5, 0.6) is 5.75 Å². The van der Waals surface area contributed by atoms with Gasteiger partial charge in [0.05, 0.1) is 7.11 Å². The van der Waals surface area contributed by atoms with Crippen molar-refractivity contribution in [3.05, 3.63) is 36.0 Å². The molecule has 5 heteroatoms. The lowest BCUT2D eigenvalue weighted by atomic mass is 10.1. The monoisotopic (exact) mass is 232 g/mol. The van der Waals surface area contributed by atoms with Gasteiger partial charge in [0.2, 0.25) is 0 Å². The number of ether oxygens (including phenoxy) is 1. The number of rotatable bonds is 3. The molecule has 1 aromatic heterocycles. The van der Waals surface area contributed by atoms with E-state index in [2.05, 4.69) is 5.10 Å². The summed E-state index contributed by atoms with van der Waals surface area (Å²) in [6.45, 7) is 0. The van der Waals surface area contributed by atoms with E-state index >= 15 is 0 Å². The van der Waals surface area contributed by atoms with Gasteiger partial charge >= 0.3 is 5.97 Å². The molecule has 0 atom stereocenters. The van der Waals surface area contributed by atoms with Crippen molar-refractivity contribution < 1.29 is 14.6 Å². The fourth-order valence-electron chi connectivity index (χ4n) is 1.63. The number of hydrogen-bond donors (Lipinski definition) is 1. The molecule has 2 aromatic rings. The molecule has 88 valence electrons. The molecule has 0 radical (unpaired) electrons. The first kappa shape index (κ1) is 11.2. The van der Waals surface area contributed by atoms with Crippen LogP contribution < -0.4 is 4.74 Å². The molecule has 1 aromatic carbocycles. The van der Waals surface area contributed by atoms with E-state index in [1.807, 2.05) is 0 Å². The molecular weight excluding hydrogens is 220 g/mol. The van der Waals surface area contributed by atoms with Gasteiger partial charge in [0.25, 0.3) is 0 Å². The van der Waals surface area contributed by atoms with Crippen molar-refractivity contribution in [2.24, 2.45) is 7.05 Å². The normalized spacial score (nSPS) is 10.2. The first-order valence-electron chi connectivity index (χ1n) is 5.03. The molecule has 2 rings (SSSR count). The maximum atomic E-state index is 11.1. The molecule has 17 heavy (non-hydrogen) atoms. The predicted molar refractivity (Wildman–Crippen MR) is 62.2 cm³/mol. The SMILES string of the molecule is COc1cccc(-c2nn(C)cc2C(=O)O)c1. The Balaban J connectivity index is 2.55. The molecule has 0 unspecified atom stereocenters. The summed E-state index contributed by atoms with van der Waals surface area (Å²) in [6.07, 6.45) is 1.48. The lowest BCUT2D eigenvalue weighted by molar-refractivity contribution is 0.0697. The molecule has 0 spiro atoms. The maximum absolute atomic E-state index is 11.1. The van der Waals surface area contributed by atoms with E-state index in [4.69, 9.17) is 9.84 Å². The highest BCUT2D eigenvalue weighted by Gasteiger charge is 2.16. The standard InChI is InChI=1S/C12H12N2O3/c1-14-7-10(12(15)16)11(13-14)8-4-3-5-9(6-8)17-2/h3-7H,1-2H3,(H,15,16). The molecule has 0 fully saturated rings. The van der Waals surface area contributed by atoms with Gasteiger partial charge in [-0.3, -0.25) is 4.68 Å². The van der Waals surface area contributed by atoms with Crippen LogP contribution in [0.3, 0.4) is 0 Å². The van der Waals surface area contributed by atoms with Gasteiger partial charge in [-0.25, -0.2) is 4.79 Å². The number of carboxylic acids is 1. The van der Waals surface area contributed by atoms with Crippen LogP contribution in [0.15, 0.2) is 30.5 Å². The van der Waals surface area contributed by atoms with E-state index in [-0.39, 0.29) is 5.56 Å². The minimum atomic E-state index is -0.990. The number of hydrogen-bond acceptors (Lipinski definition) is 3. The summed E-state index contributed by atoms with van der Waals surface area (Å²) in [5.41, 5.74) is 1.35. The molecule has 1 N–H and O–H groups in total. The second-order valence-corrected chi connectivity index (χ2v) is 3.60. The van der Waals surface area contributed by atoms with Crippen molar-refractivity contribution in [2.45, 2.75) is 0 Å². The van der Waals surface area contributed by atoms with Gasteiger partial charge in [0.1, 0.15) is 17.0 Å². The van der Waals surface area contributed by atoms with E-state index in [0.29, 0.717) is 11.4 Å². The maximum Gasteiger partial charge on any atom is 0.339 e. The van der Waals surface area contributed by atoms with E-state index < -0.39 is 5.97 Å². The third-order valence-corrected chi connectivity index (χ3v) is 2.40. The van der Waals surface area contributed by atoms with Gasteiger partial charge in [0, 0.05) is 18.8 Å². The van der Waals surface area contributed by atoms with Gasteiger partial charge in [-0.05, 0) is 12.1 Å². The highest BCUT2D eigenvalue weighted by Crippen LogP contribution is 2.25. The summed E-state index contributed by atoms with van der Waals surface area (Å²) in [7, 11) is 3.26. The lowest BCUT2D eigenvalue weighted by Gasteiger charge is -2.02. The van der Waals surface area contributed by atoms with Crippen LogP contribution >= 0.6 is 0 Å². The number of benzene rings is 1. The summed E-state index contributed by atoms with van der Waals surface area (Å²) in [4.78, 5) is 11.1. The Morgan fingerprint density at radius 3 is 2.88 bits per heavy atom. The summed E-state index contributed by atoms with van der Waals surface area (Å²) in [5, 5.41) is 13.2. The Hall–Kier alpha value is -2.30. The Labute approximate surface area is 98.3 Å². The Bertz CT molecular complexity index is 561. The van der Waals surface area contributed by atoms with E-state index in [9.17, 15) is 4.79 Å². The van der Waals surface area contributed by atoms with Gasteiger partial charge in [-0.15, -0.1) is 0 Å². The molecule has 1 heterocycles. The summed E-state index contributed by atoms with van der Waals surface area (Å²) >= 11 is 0. The second kappa shape index (κ2) is 4.29. The van der Waals surface area contributed by atoms with Crippen LogP contribution in [0.25, 0.3) is 11.3 Å². The minimum Gasteiger partial charge on any atom is -0.497 e. The zero-order valence-electron chi connectivity index (χ0n) is 9.54. The molecule has 0 saturated carbocycles. The first-order valence-corrected chi connectivity index (χ1v) is 5.03. The summed E-state index contributed by atoms with van der Waals surface area (Å²) in [5.74, 6) is -0.319. The molecule has 0 aliphatic heterocycles. The molecule has 0 saturated heterocycles. The van der Waals surface area contributed by atoms with E-state index in [1.165, 1.54) is 10.9 Å². The Morgan fingerprint density at radius 2 is 2.24 bits per heavy atom. The Morgan fingerprint density at radius 1 is 1.47 bits per heavy atom. The average molecular weight is 232 g/mol. The zero-order valence-corrected chi connectivity index (χ0v) is 9.54. The first-order chi connectivity index (χ1) is 8.11. The molecule has 0 amide bonds. The van der Waals surface area contributed by atoms with Gasteiger partial charge in [-0.2, -0.15) is 5.10 Å². The predicted octanol–water partition coefficient (Wildman–Crippen LogP) is 1.79. The molecule has 5 nitrogen and oxygen atoms in total. The molecule has 0 aliphatic rings. The third-order valence-electron chi connectivity index (χ3n) is 2.40. The number of aryl methyl sites for hydroxylation is 1. The minimum absolute atomic E-state index is 0.181. The quantitative estimate of drug-likeness (QED) is 0.876. The van der Waals surface area contributed by atoms with Crippen molar-refractivity contribution in [2.75, 3.05) is 7.11 Å². The smallest absolute Gasteiger partial charge is 0.339 e. The molecule has 0 aliphatic carbocycles. The van der Waals surface area contributed by atoms with Crippen LogP contribution in [0.1, 0.15) is 10.4 Å². The summed E-state index contributed by atoms with van der Waals surface area (Å²) < 4.78 is 6.59. The van der Waals surface area contributed by atoms with Gasteiger partial charge < -0.3 is 9.84 Å². The number of carbonyl (C=O) groups is 1. The van der Waals surface area contributed by atoms with Crippen LogP contribution in [-0.2, 0) is 7.05 Å². The Kier molecular flexibility index (Phi) is 2.82.